The summed E-state index contributed by atoms with van der Waals surface area (Å²) in [5.41, 5.74) is 0.522. The number of hydrogen-bond acceptors (Lipinski definition) is 3. The highest BCUT2D eigenvalue weighted by Crippen LogP contribution is 2.25. The van der Waals surface area contributed by atoms with Crippen LogP contribution in [0.2, 0.25) is 0 Å². The van der Waals surface area contributed by atoms with Gasteiger partial charge in [0.2, 0.25) is 10.0 Å². The molecule has 1 atom stereocenters. The molecule has 2 N–H and O–H groups in total. The number of aromatic carboxylic acids is 1. The summed E-state index contributed by atoms with van der Waals surface area (Å²) in [6.45, 7) is 10.0. The zero-order valence-corrected chi connectivity index (χ0v) is 13.9. The molecule has 0 amide bonds. The fraction of sp³-hybridized carbons (Fsp3) is 0.533. The lowest BCUT2D eigenvalue weighted by molar-refractivity contribution is 0.0696. The van der Waals surface area contributed by atoms with Gasteiger partial charge in [0.05, 0.1) is 10.5 Å². The summed E-state index contributed by atoms with van der Waals surface area (Å²) in [6.07, 6.45) is 0. The van der Waals surface area contributed by atoms with Gasteiger partial charge >= 0.3 is 5.97 Å². The molecule has 0 aliphatic carbocycles. The first-order chi connectivity index (χ1) is 9.45. The van der Waals surface area contributed by atoms with Crippen LogP contribution in [0, 0.1) is 18.3 Å². The van der Waals surface area contributed by atoms with E-state index in [1.165, 1.54) is 18.2 Å². The predicted molar refractivity (Wildman–Crippen MR) is 81.9 cm³/mol. The standard InChI is InChI=1S/C15H23NO4S/c1-10-6-7-12(8-13(10)14(17)18)21(19,20)16-9-11(2)15(3,4)5/h6-8,11,16H,9H2,1-5H3,(H,17,18). The molecule has 1 aromatic carbocycles. The van der Waals surface area contributed by atoms with Gasteiger partial charge in [0.25, 0.3) is 0 Å². The molecule has 1 unspecified atom stereocenters. The van der Waals surface area contributed by atoms with E-state index in [9.17, 15) is 13.2 Å². The lowest BCUT2D eigenvalue weighted by atomic mass is 9.82. The Bertz CT molecular complexity index is 630. The van der Waals surface area contributed by atoms with Crippen LogP contribution in [0.3, 0.4) is 0 Å². The highest BCUT2D eigenvalue weighted by Gasteiger charge is 2.23. The summed E-state index contributed by atoms with van der Waals surface area (Å²) < 4.78 is 27.0. The molecule has 0 heterocycles. The van der Waals surface area contributed by atoms with Crippen LogP contribution in [-0.4, -0.2) is 26.0 Å². The molecule has 1 rings (SSSR count). The number of sulfonamides is 1. The van der Waals surface area contributed by atoms with E-state index in [0.717, 1.165) is 0 Å². The van der Waals surface area contributed by atoms with Crippen molar-refractivity contribution in [3.63, 3.8) is 0 Å². The fourth-order valence-electron chi connectivity index (χ4n) is 1.62. The molecule has 0 aliphatic rings. The van der Waals surface area contributed by atoms with Crippen LogP contribution in [-0.2, 0) is 10.0 Å². The van der Waals surface area contributed by atoms with Gasteiger partial charge in [0.15, 0.2) is 0 Å². The van der Waals surface area contributed by atoms with Crippen LogP contribution in [0.25, 0.3) is 0 Å². The first-order valence-electron chi connectivity index (χ1n) is 6.79. The third-order valence-electron chi connectivity index (χ3n) is 3.81. The van der Waals surface area contributed by atoms with Crippen molar-refractivity contribution in [1.82, 2.24) is 4.72 Å². The molecule has 0 fully saturated rings. The van der Waals surface area contributed by atoms with Gasteiger partial charge in [-0.3, -0.25) is 0 Å². The Kier molecular flexibility index (Phi) is 5.17. The van der Waals surface area contributed by atoms with Crippen molar-refractivity contribution in [2.24, 2.45) is 11.3 Å². The molecule has 1 aromatic rings. The molecule has 0 aliphatic heterocycles. The van der Waals surface area contributed by atoms with Gasteiger partial charge in [-0.25, -0.2) is 17.9 Å². The van der Waals surface area contributed by atoms with E-state index in [2.05, 4.69) is 4.72 Å². The van der Waals surface area contributed by atoms with Gasteiger partial charge in [-0.2, -0.15) is 0 Å². The number of carboxylic acid groups (broad SMARTS) is 1. The van der Waals surface area contributed by atoms with Crippen molar-refractivity contribution in [2.45, 2.75) is 39.5 Å². The van der Waals surface area contributed by atoms with Crippen LogP contribution < -0.4 is 4.72 Å². The molecule has 0 saturated carbocycles. The van der Waals surface area contributed by atoms with Crippen molar-refractivity contribution in [3.05, 3.63) is 29.3 Å². The highest BCUT2D eigenvalue weighted by atomic mass is 32.2. The van der Waals surface area contributed by atoms with Gasteiger partial charge in [-0.05, 0) is 36.0 Å². The molecule has 5 nitrogen and oxygen atoms in total. The average Bonchev–Trinajstić information content (AvgIpc) is 2.34. The first-order valence-corrected chi connectivity index (χ1v) is 8.27. The monoisotopic (exact) mass is 313 g/mol. The van der Waals surface area contributed by atoms with Crippen LogP contribution >= 0.6 is 0 Å². The zero-order valence-electron chi connectivity index (χ0n) is 13.1. The minimum atomic E-state index is -3.70. The SMILES string of the molecule is Cc1ccc(S(=O)(=O)NCC(C)C(C)(C)C)cc1C(=O)O. The summed E-state index contributed by atoms with van der Waals surface area (Å²) in [4.78, 5) is 11.1. The van der Waals surface area contributed by atoms with Crippen LogP contribution in [0.15, 0.2) is 23.1 Å². The number of hydrogen-bond donors (Lipinski definition) is 2. The first kappa shape index (κ1) is 17.7. The Labute approximate surface area is 126 Å². The van der Waals surface area contributed by atoms with Gasteiger partial charge in [-0.1, -0.05) is 33.8 Å². The molecule has 118 valence electrons. The maximum Gasteiger partial charge on any atom is 0.335 e. The third kappa shape index (κ3) is 4.54. The van der Waals surface area contributed by atoms with Crippen LogP contribution in [0.4, 0.5) is 0 Å². The van der Waals surface area contributed by atoms with Crippen molar-refractivity contribution >= 4 is 16.0 Å². The van der Waals surface area contributed by atoms with Crippen molar-refractivity contribution in [2.75, 3.05) is 6.54 Å². The number of carboxylic acids is 1. The summed E-state index contributed by atoms with van der Waals surface area (Å²) in [7, 11) is -3.70. The molecular weight excluding hydrogens is 290 g/mol. The topological polar surface area (TPSA) is 83.5 Å². The summed E-state index contributed by atoms with van der Waals surface area (Å²) in [5.74, 6) is -0.982. The van der Waals surface area contributed by atoms with Gasteiger partial charge in [0.1, 0.15) is 0 Å². The van der Waals surface area contributed by atoms with E-state index < -0.39 is 16.0 Å². The Balaban J connectivity index is 2.99. The smallest absolute Gasteiger partial charge is 0.335 e. The second-order valence-electron chi connectivity index (χ2n) is 6.40. The van der Waals surface area contributed by atoms with Gasteiger partial charge in [-0.15, -0.1) is 0 Å². The molecular formula is C15H23NO4S. The van der Waals surface area contributed by atoms with Gasteiger partial charge < -0.3 is 5.11 Å². The van der Waals surface area contributed by atoms with Crippen LogP contribution in [0.5, 0.6) is 0 Å². The maximum absolute atomic E-state index is 12.2. The quantitative estimate of drug-likeness (QED) is 0.875. The van der Waals surface area contributed by atoms with E-state index in [4.69, 9.17) is 5.11 Å². The van der Waals surface area contributed by atoms with Crippen LogP contribution in [0.1, 0.15) is 43.6 Å². The lowest BCUT2D eigenvalue weighted by Gasteiger charge is -2.27. The van der Waals surface area contributed by atoms with E-state index in [1.54, 1.807) is 6.92 Å². The molecule has 21 heavy (non-hydrogen) atoms. The number of aryl methyl sites for hydroxylation is 1. The summed E-state index contributed by atoms with van der Waals surface area (Å²) >= 11 is 0. The number of nitrogens with one attached hydrogen (secondary N) is 1. The number of carbonyl (C=O) groups is 1. The lowest BCUT2D eigenvalue weighted by Crippen LogP contribution is -2.33. The zero-order chi connectivity index (χ0) is 16.4. The maximum atomic E-state index is 12.2. The second-order valence-corrected chi connectivity index (χ2v) is 8.17. The summed E-state index contributed by atoms with van der Waals surface area (Å²) in [6, 6.07) is 4.12. The summed E-state index contributed by atoms with van der Waals surface area (Å²) in [5, 5.41) is 9.07. The van der Waals surface area contributed by atoms with E-state index >= 15 is 0 Å². The van der Waals surface area contributed by atoms with Gasteiger partial charge in [0, 0.05) is 6.54 Å². The van der Waals surface area contributed by atoms with E-state index in [0.29, 0.717) is 12.1 Å². The van der Waals surface area contributed by atoms with Crippen molar-refractivity contribution in [3.8, 4) is 0 Å². The molecule has 0 spiro atoms. The molecule has 0 bridgehead atoms. The number of benzene rings is 1. The average molecular weight is 313 g/mol. The fourth-order valence-corrected chi connectivity index (χ4v) is 2.78. The number of rotatable bonds is 5. The highest BCUT2D eigenvalue weighted by molar-refractivity contribution is 7.89. The molecule has 0 saturated heterocycles. The minimum Gasteiger partial charge on any atom is -0.478 e. The molecule has 0 radical (unpaired) electrons. The Morgan fingerprint density at radius 3 is 2.38 bits per heavy atom. The van der Waals surface area contributed by atoms with E-state index in [1.807, 2.05) is 27.7 Å². The second kappa shape index (κ2) is 6.15. The Morgan fingerprint density at radius 2 is 1.90 bits per heavy atom. The largest absolute Gasteiger partial charge is 0.478 e. The normalized spacial score (nSPS) is 14.0. The predicted octanol–water partition coefficient (Wildman–Crippen LogP) is 2.65. The van der Waals surface area contributed by atoms with E-state index in [-0.39, 0.29) is 21.8 Å². The Morgan fingerprint density at radius 1 is 1.33 bits per heavy atom. The minimum absolute atomic E-state index is 0.00162. The third-order valence-corrected chi connectivity index (χ3v) is 5.23. The Hall–Kier alpha value is -1.40. The molecule has 0 aromatic heterocycles. The molecule has 6 heteroatoms. The van der Waals surface area contributed by atoms with Crippen molar-refractivity contribution in [1.29, 1.82) is 0 Å². The van der Waals surface area contributed by atoms with Crippen molar-refractivity contribution < 1.29 is 18.3 Å².